The molecule has 0 aliphatic carbocycles. The summed E-state index contributed by atoms with van der Waals surface area (Å²) in [6.07, 6.45) is 6.50. The summed E-state index contributed by atoms with van der Waals surface area (Å²) in [6.45, 7) is 11.4. The fraction of sp³-hybridized carbons (Fsp3) is 0.542. The summed E-state index contributed by atoms with van der Waals surface area (Å²) in [6, 6.07) is 14.0. The molecule has 0 amide bonds. The van der Waals surface area contributed by atoms with Gasteiger partial charge in [0.25, 0.3) is 0 Å². The minimum atomic E-state index is 0.671. The number of hydrogen-bond donors (Lipinski definition) is 0. The van der Waals surface area contributed by atoms with Crippen LogP contribution in [0.5, 0.6) is 0 Å². The van der Waals surface area contributed by atoms with Crippen LogP contribution in [0.3, 0.4) is 0 Å². The Kier molecular flexibility index (Phi) is 7.14. The summed E-state index contributed by atoms with van der Waals surface area (Å²) >= 11 is 0. The first-order valence-electron chi connectivity index (χ1n) is 11.1. The number of nitrogens with zero attached hydrogens (tertiary/aromatic N) is 4. The summed E-state index contributed by atoms with van der Waals surface area (Å²) < 4.78 is 5.48. The molecule has 1 unspecified atom stereocenters. The molecule has 0 bridgehead atoms. The molecule has 4 rings (SSSR count). The predicted molar refractivity (Wildman–Crippen MR) is 118 cm³/mol. The van der Waals surface area contributed by atoms with Crippen LogP contribution in [0.4, 0.5) is 5.69 Å². The zero-order valence-corrected chi connectivity index (χ0v) is 17.7. The van der Waals surface area contributed by atoms with Gasteiger partial charge in [0.15, 0.2) is 0 Å². The first kappa shape index (κ1) is 20.3. The van der Waals surface area contributed by atoms with Crippen LogP contribution in [0.25, 0.3) is 0 Å². The number of benzene rings is 1. The van der Waals surface area contributed by atoms with Crippen LogP contribution in [-0.4, -0.2) is 66.8 Å². The molecule has 5 heteroatoms. The number of likely N-dealkylation sites (N-methyl/N-ethyl adjacent to an activating group) is 1. The molecule has 2 aromatic rings. The van der Waals surface area contributed by atoms with Crippen molar-refractivity contribution in [3.05, 3.63) is 59.9 Å². The quantitative estimate of drug-likeness (QED) is 0.685. The molecule has 2 aliphatic heterocycles. The summed E-state index contributed by atoms with van der Waals surface area (Å²) in [5, 5.41) is 0. The van der Waals surface area contributed by atoms with Crippen LogP contribution in [0, 0.1) is 0 Å². The standard InChI is InChI=1S/C24H34N4O/c1-2-27-12-4-6-24(27)20-26(19-22-5-3-11-25-17-22)18-21-7-9-23(10-8-21)28-13-15-29-16-14-28/h3,5,7-11,17,24H,2,4,6,12-16,18-20H2,1H3. The van der Waals surface area contributed by atoms with E-state index < -0.39 is 0 Å². The third-order valence-corrected chi connectivity index (χ3v) is 6.22. The van der Waals surface area contributed by atoms with Gasteiger partial charge in [-0.15, -0.1) is 0 Å². The smallest absolute Gasteiger partial charge is 0.0642 e. The van der Waals surface area contributed by atoms with Crippen LogP contribution in [0.2, 0.25) is 0 Å². The largest absolute Gasteiger partial charge is 0.378 e. The molecular formula is C24H34N4O. The number of rotatable bonds is 8. The summed E-state index contributed by atoms with van der Waals surface area (Å²) in [5.41, 5.74) is 3.98. The molecule has 0 N–H and O–H groups in total. The van der Waals surface area contributed by atoms with Gasteiger partial charge in [0.05, 0.1) is 13.2 Å². The van der Waals surface area contributed by atoms with Crippen molar-refractivity contribution in [2.45, 2.75) is 38.9 Å². The lowest BCUT2D eigenvalue weighted by Gasteiger charge is -2.31. The van der Waals surface area contributed by atoms with Gasteiger partial charge >= 0.3 is 0 Å². The van der Waals surface area contributed by atoms with Crippen LogP contribution in [-0.2, 0) is 17.8 Å². The van der Waals surface area contributed by atoms with Crippen molar-refractivity contribution in [1.29, 1.82) is 0 Å². The second kappa shape index (κ2) is 10.2. The highest BCUT2D eigenvalue weighted by Crippen LogP contribution is 2.21. The molecule has 2 saturated heterocycles. The number of aromatic nitrogens is 1. The summed E-state index contributed by atoms with van der Waals surface area (Å²) in [7, 11) is 0. The van der Waals surface area contributed by atoms with E-state index in [1.807, 2.05) is 18.5 Å². The molecule has 29 heavy (non-hydrogen) atoms. The predicted octanol–water partition coefficient (Wildman–Crippen LogP) is 3.40. The van der Waals surface area contributed by atoms with Gasteiger partial charge in [-0.1, -0.05) is 25.1 Å². The van der Waals surface area contributed by atoms with E-state index in [-0.39, 0.29) is 0 Å². The SMILES string of the molecule is CCN1CCCC1CN(Cc1ccc(N2CCOCC2)cc1)Cc1cccnc1. The minimum Gasteiger partial charge on any atom is -0.378 e. The molecule has 0 spiro atoms. The fourth-order valence-corrected chi connectivity index (χ4v) is 4.64. The van der Waals surface area contributed by atoms with Crippen molar-refractivity contribution in [3.8, 4) is 0 Å². The number of likely N-dealkylation sites (tertiary alicyclic amines) is 1. The second-order valence-corrected chi connectivity index (χ2v) is 8.22. The molecule has 5 nitrogen and oxygen atoms in total. The Labute approximate surface area is 175 Å². The number of morpholine rings is 1. The van der Waals surface area contributed by atoms with Gasteiger partial charge in [-0.25, -0.2) is 0 Å². The fourth-order valence-electron chi connectivity index (χ4n) is 4.64. The maximum atomic E-state index is 5.48. The van der Waals surface area contributed by atoms with Gasteiger partial charge in [-0.05, 0) is 55.3 Å². The van der Waals surface area contributed by atoms with Crippen LogP contribution < -0.4 is 4.90 Å². The van der Waals surface area contributed by atoms with Gasteiger partial charge < -0.3 is 9.64 Å². The molecule has 1 aromatic heterocycles. The molecule has 1 aromatic carbocycles. The normalized spacial score (nSPS) is 20.5. The van der Waals surface area contributed by atoms with Crippen molar-refractivity contribution in [3.63, 3.8) is 0 Å². The number of hydrogen-bond acceptors (Lipinski definition) is 5. The van der Waals surface area contributed by atoms with Crippen molar-refractivity contribution in [2.75, 3.05) is 50.8 Å². The highest BCUT2D eigenvalue weighted by atomic mass is 16.5. The van der Waals surface area contributed by atoms with Crippen LogP contribution in [0.1, 0.15) is 30.9 Å². The lowest BCUT2D eigenvalue weighted by atomic mass is 10.1. The van der Waals surface area contributed by atoms with Gasteiger partial charge in [0.1, 0.15) is 0 Å². The maximum absolute atomic E-state index is 5.48. The molecule has 2 aliphatic rings. The van der Waals surface area contributed by atoms with E-state index in [4.69, 9.17) is 4.74 Å². The van der Waals surface area contributed by atoms with E-state index in [1.54, 1.807) is 0 Å². The van der Waals surface area contributed by atoms with Crippen molar-refractivity contribution < 1.29 is 4.74 Å². The highest BCUT2D eigenvalue weighted by molar-refractivity contribution is 5.47. The maximum Gasteiger partial charge on any atom is 0.0642 e. The third-order valence-electron chi connectivity index (χ3n) is 6.22. The van der Waals surface area contributed by atoms with E-state index in [0.29, 0.717) is 6.04 Å². The number of anilines is 1. The Morgan fingerprint density at radius 3 is 2.55 bits per heavy atom. The zero-order chi connectivity index (χ0) is 19.9. The second-order valence-electron chi connectivity index (χ2n) is 8.22. The molecule has 2 fully saturated rings. The van der Waals surface area contributed by atoms with E-state index in [2.05, 4.69) is 56.9 Å². The Morgan fingerprint density at radius 1 is 1.03 bits per heavy atom. The molecular weight excluding hydrogens is 360 g/mol. The zero-order valence-electron chi connectivity index (χ0n) is 17.7. The Morgan fingerprint density at radius 2 is 1.83 bits per heavy atom. The van der Waals surface area contributed by atoms with E-state index in [0.717, 1.165) is 52.5 Å². The van der Waals surface area contributed by atoms with Crippen molar-refractivity contribution in [2.24, 2.45) is 0 Å². The Bertz CT molecular complexity index is 730. The molecule has 3 heterocycles. The van der Waals surface area contributed by atoms with Crippen LogP contribution in [0.15, 0.2) is 48.8 Å². The topological polar surface area (TPSA) is 31.8 Å². The van der Waals surface area contributed by atoms with Gasteiger partial charge in [0.2, 0.25) is 0 Å². The summed E-state index contributed by atoms with van der Waals surface area (Å²) in [4.78, 5) is 12.0. The Balaban J connectivity index is 1.43. The first-order chi connectivity index (χ1) is 14.3. The van der Waals surface area contributed by atoms with E-state index in [9.17, 15) is 0 Å². The molecule has 0 radical (unpaired) electrons. The van der Waals surface area contributed by atoms with Crippen molar-refractivity contribution >= 4 is 5.69 Å². The summed E-state index contributed by atoms with van der Waals surface area (Å²) in [5.74, 6) is 0. The Hall–Kier alpha value is -1.95. The molecule has 0 saturated carbocycles. The first-order valence-corrected chi connectivity index (χ1v) is 11.1. The van der Waals surface area contributed by atoms with Gasteiger partial charge in [0, 0.05) is 56.8 Å². The number of ether oxygens (including phenoxy) is 1. The van der Waals surface area contributed by atoms with E-state index in [1.165, 1.54) is 36.2 Å². The van der Waals surface area contributed by atoms with Gasteiger partial charge in [-0.2, -0.15) is 0 Å². The molecule has 1 atom stereocenters. The minimum absolute atomic E-state index is 0.671. The van der Waals surface area contributed by atoms with E-state index >= 15 is 0 Å². The van der Waals surface area contributed by atoms with Crippen LogP contribution >= 0.6 is 0 Å². The van der Waals surface area contributed by atoms with Gasteiger partial charge in [-0.3, -0.25) is 14.8 Å². The average molecular weight is 395 g/mol. The third kappa shape index (κ3) is 5.56. The monoisotopic (exact) mass is 394 g/mol. The highest BCUT2D eigenvalue weighted by Gasteiger charge is 2.25. The lowest BCUT2D eigenvalue weighted by molar-refractivity contribution is 0.122. The number of pyridine rings is 1. The van der Waals surface area contributed by atoms with Crippen molar-refractivity contribution in [1.82, 2.24) is 14.8 Å². The molecule has 156 valence electrons. The lowest BCUT2D eigenvalue weighted by Crippen LogP contribution is -2.39. The average Bonchev–Trinajstić information content (AvgIpc) is 3.23.